The molecule has 1 fully saturated rings. The topological polar surface area (TPSA) is 15.3 Å². The molecule has 2 nitrogen and oxygen atoms in total. The molecule has 1 aromatic rings. The summed E-state index contributed by atoms with van der Waals surface area (Å²) in [7, 11) is 1.90. The van der Waals surface area contributed by atoms with Gasteiger partial charge >= 0.3 is 6.18 Å². The second kappa shape index (κ2) is 6.59. The third-order valence-corrected chi connectivity index (χ3v) is 3.79. The zero-order valence-corrected chi connectivity index (χ0v) is 11.7. The fraction of sp³-hybridized carbons (Fsp3) is 0.600. The molecular formula is C15H21F3N2. The molecule has 0 aromatic heterocycles. The summed E-state index contributed by atoms with van der Waals surface area (Å²) in [6.07, 6.45) is -2.07. The van der Waals surface area contributed by atoms with Crippen molar-refractivity contribution in [2.24, 2.45) is 5.92 Å². The number of hydrogen-bond donors (Lipinski definition) is 1. The summed E-state index contributed by atoms with van der Waals surface area (Å²) in [6.45, 7) is 3.22. The van der Waals surface area contributed by atoms with Crippen molar-refractivity contribution in [1.82, 2.24) is 10.2 Å². The van der Waals surface area contributed by atoms with E-state index in [1.165, 1.54) is 6.07 Å². The molecule has 0 amide bonds. The number of benzene rings is 1. The molecule has 0 spiro atoms. The van der Waals surface area contributed by atoms with Gasteiger partial charge in [0.05, 0.1) is 5.56 Å². The molecule has 1 N–H and O–H groups in total. The van der Waals surface area contributed by atoms with Crippen LogP contribution in [0, 0.1) is 5.92 Å². The predicted octanol–water partition coefficient (Wildman–Crippen LogP) is 3.14. The van der Waals surface area contributed by atoms with Crippen LogP contribution in [0.4, 0.5) is 13.2 Å². The van der Waals surface area contributed by atoms with E-state index < -0.39 is 11.7 Å². The van der Waals surface area contributed by atoms with E-state index in [4.69, 9.17) is 0 Å². The van der Waals surface area contributed by atoms with Crippen LogP contribution in [0.15, 0.2) is 24.3 Å². The highest BCUT2D eigenvalue weighted by Crippen LogP contribution is 2.32. The van der Waals surface area contributed by atoms with Gasteiger partial charge in [0.15, 0.2) is 0 Å². The summed E-state index contributed by atoms with van der Waals surface area (Å²) in [6, 6.07) is 5.84. The van der Waals surface area contributed by atoms with Crippen molar-refractivity contribution < 1.29 is 13.2 Å². The number of nitrogens with one attached hydrogen (secondary N) is 1. The molecule has 0 saturated carbocycles. The summed E-state index contributed by atoms with van der Waals surface area (Å²) < 4.78 is 38.8. The molecule has 1 aliphatic heterocycles. The molecule has 0 aliphatic carbocycles. The van der Waals surface area contributed by atoms with Crippen LogP contribution < -0.4 is 5.32 Å². The Morgan fingerprint density at radius 2 is 1.85 bits per heavy atom. The zero-order valence-electron chi connectivity index (χ0n) is 11.7. The van der Waals surface area contributed by atoms with Gasteiger partial charge in [-0.2, -0.15) is 13.2 Å². The molecule has 0 atom stereocenters. The van der Waals surface area contributed by atoms with Gasteiger partial charge in [0.2, 0.25) is 0 Å². The van der Waals surface area contributed by atoms with Crippen LogP contribution in [0.3, 0.4) is 0 Å². The Bertz CT molecular complexity index is 425. The SMILES string of the molecule is CN(Cc1ccccc1C(F)(F)F)CC1CCNCC1. The number of piperidine rings is 1. The molecule has 112 valence electrons. The van der Waals surface area contributed by atoms with Gasteiger partial charge in [0, 0.05) is 13.1 Å². The van der Waals surface area contributed by atoms with Crippen molar-refractivity contribution in [2.45, 2.75) is 25.6 Å². The minimum atomic E-state index is -4.27. The van der Waals surface area contributed by atoms with Crippen LogP contribution in [0.2, 0.25) is 0 Å². The fourth-order valence-electron chi connectivity index (χ4n) is 2.80. The predicted molar refractivity (Wildman–Crippen MR) is 73.4 cm³/mol. The van der Waals surface area contributed by atoms with Crippen LogP contribution in [0.1, 0.15) is 24.0 Å². The standard InChI is InChI=1S/C15H21F3N2/c1-20(10-12-6-8-19-9-7-12)11-13-4-2-3-5-14(13)15(16,17)18/h2-5,12,19H,6-11H2,1H3. The highest BCUT2D eigenvalue weighted by atomic mass is 19.4. The molecule has 5 heteroatoms. The third kappa shape index (κ3) is 4.21. The number of alkyl halides is 3. The summed E-state index contributed by atoms with van der Waals surface area (Å²) in [5.41, 5.74) is -0.159. The number of hydrogen-bond acceptors (Lipinski definition) is 2. The minimum Gasteiger partial charge on any atom is -0.317 e. The van der Waals surface area contributed by atoms with Gasteiger partial charge in [0.1, 0.15) is 0 Å². The summed E-state index contributed by atoms with van der Waals surface area (Å²) in [4.78, 5) is 2.00. The molecule has 20 heavy (non-hydrogen) atoms. The molecule has 0 radical (unpaired) electrons. The Morgan fingerprint density at radius 3 is 2.50 bits per heavy atom. The Balaban J connectivity index is 1.98. The number of halogens is 3. The molecular weight excluding hydrogens is 265 g/mol. The van der Waals surface area contributed by atoms with E-state index in [-0.39, 0.29) is 0 Å². The molecule has 0 bridgehead atoms. The van der Waals surface area contributed by atoms with Gasteiger partial charge < -0.3 is 10.2 Å². The molecule has 1 aromatic carbocycles. The first kappa shape index (κ1) is 15.3. The number of rotatable bonds is 4. The fourth-order valence-corrected chi connectivity index (χ4v) is 2.80. The number of nitrogens with zero attached hydrogens (tertiary/aromatic N) is 1. The summed E-state index contributed by atoms with van der Waals surface area (Å²) in [5, 5.41) is 3.30. The molecule has 1 aliphatic rings. The van der Waals surface area contributed by atoms with Gasteiger partial charge in [-0.15, -0.1) is 0 Å². The highest BCUT2D eigenvalue weighted by molar-refractivity contribution is 5.29. The van der Waals surface area contributed by atoms with Gasteiger partial charge in [-0.25, -0.2) is 0 Å². The van der Waals surface area contributed by atoms with E-state index in [9.17, 15) is 13.2 Å². The van der Waals surface area contributed by atoms with Gasteiger partial charge in [-0.1, -0.05) is 18.2 Å². The monoisotopic (exact) mass is 286 g/mol. The van der Waals surface area contributed by atoms with Gasteiger partial charge in [0.25, 0.3) is 0 Å². The Morgan fingerprint density at radius 1 is 1.20 bits per heavy atom. The first-order chi connectivity index (χ1) is 9.47. The van der Waals surface area contributed by atoms with Crippen molar-refractivity contribution in [3.8, 4) is 0 Å². The van der Waals surface area contributed by atoms with E-state index in [2.05, 4.69) is 5.32 Å². The molecule has 2 rings (SSSR count). The Hall–Kier alpha value is -1.07. The van der Waals surface area contributed by atoms with Crippen LogP contribution in [0.25, 0.3) is 0 Å². The zero-order chi connectivity index (χ0) is 14.6. The van der Waals surface area contributed by atoms with Crippen molar-refractivity contribution in [3.63, 3.8) is 0 Å². The second-order valence-corrected chi connectivity index (χ2v) is 5.55. The third-order valence-electron chi connectivity index (χ3n) is 3.79. The normalized spacial score (nSPS) is 17.6. The van der Waals surface area contributed by atoms with Crippen LogP contribution in [-0.4, -0.2) is 31.6 Å². The molecule has 1 saturated heterocycles. The van der Waals surface area contributed by atoms with E-state index in [0.29, 0.717) is 18.0 Å². The average Bonchev–Trinajstić information content (AvgIpc) is 2.39. The maximum atomic E-state index is 12.9. The molecule has 0 unspecified atom stereocenters. The van der Waals surface area contributed by atoms with Crippen molar-refractivity contribution in [1.29, 1.82) is 0 Å². The first-order valence-electron chi connectivity index (χ1n) is 7.01. The summed E-state index contributed by atoms with van der Waals surface area (Å²) >= 11 is 0. The van der Waals surface area contributed by atoms with E-state index in [0.717, 1.165) is 38.5 Å². The van der Waals surface area contributed by atoms with Crippen LogP contribution in [0.5, 0.6) is 0 Å². The maximum absolute atomic E-state index is 12.9. The molecule has 1 heterocycles. The van der Waals surface area contributed by atoms with E-state index in [1.54, 1.807) is 12.1 Å². The lowest BCUT2D eigenvalue weighted by molar-refractivity contribution is -0.138. The lowest BCUT2D eigenvalue weighted by Crippen LogP contribution is -2.34. The highest BCUT2D eigenvalue weighted by Gasteiger charge is 2.33. The maximum Gasteiger partial charge on any atom is 0.416 e. The first-order valence-corrected chi connectivity index (χ1v) is 7.01. The van der Waals surface area contributed by atoms with Crippen LogP contribution in [-0.2, 0) is 12.7 Å². The summed E-state index contributed by atoms with van der Waals surface area (Å²) in [5.74, 6) is 0.583. The lowest BCUT2D eigenvalue weighted by atomic mass is 9.97. The van der Waals surface area contributed by atoms with Crippen LogP contribution >= 0.6 is 0 Å². The minimum absolute atomic E-state index is 0.347. The van der Waals surface area contributed by atoms with E-state index >= 15 is 0 Å². The lowest BCUT2D eigenvalue weighted by Gasteiger charge is -2.28. The Labute approximate surface area is 118 Å². The van der Waals surface area contributed by atoms with Crippen molar-refractivity contribution in [2.75, 3.05) is 26.7 Å². The van der Waals surface area contributed by atoms with Crippen molar-refractivity contribution >= 4 is 0 Å². The van der Waals surface area contributed by atoms with Gasteiger partial charge in [-0.05, 0) is 50.5 Å². The quantitative estimate of drug-likeness (QED) is 0.915. The van der Waals surface area contributed by atoms with Crippen molar-refractivity contribution in [3.05, 3.63) is 35.4 Å². The second-order valence-electron chi connectivity index (χ2n) is 5.55. The largest absolute Gasteiger partial charge is 0.416 e. The van der Waals surface area contributed by atoms with Gasteiger partial charge in [-0.3, -0.25) is 0 Å². The average molecular weight is 286 g/mol. The smallest absolute Gasteiger partial charge is 0.317 e. The van der Waals surface area contributed by atoms with E-state index in [1.807, 2.05) is 11.9 Å². The Kier molecular flexibility index (Phi) is 5.05.